The second-order valence-electron chi connectivity index (χ2n) is 3.81. The van der Waals surface area contributed by atoms with E-state index in [-0.39, 0.29) is 17.8 Å². The third-order valence-corrected chi connectivity index (χ3v) is 2.51. The summed E-state index contributed by atoms with van der Waals surface area (Å²) in [6.07, 6.45) is 0. The Morgan fingerprint density at radius 1 is 1.11 bits per heavy atom. The topological polar surface area (TPSA) is 59.3 Å². The number of pyridine rings is 1. The van der Waals surface area contributed by atoms with Crippen LogP contribution in [-0.2, 0) is 6.54 Å². The highest BCUT2D eigenvalue weighted by molar-refractivity contribution is 5.85. The van der Waals surface area contributed by atoms with Crippen LogP contribution in [0.2, 0.25) is 0 Å². The van der Waals surface area contributed by atoms with Gasteiger partial charge in [0.25, 0.3) is 5.56 Å². The smallest absolute Gasteiger partial charge is 0.352 e. The molecule has 1 N–H and O–H groups in total. The average molecular weight is 253 g/mol. The van der Waals surface area contributed by atoms with Crippen molar-refractivity contribution in [2.24, 2.45) is 0 Å². The zero-order valence-electron chi connectivity index (χ0n) is 10.0. The fraction of sp³-hybridized carbons (Fsp3) is 0.0667. The molecule has 0 saturated carbocycles. The third-order valence-electron chi connectivity index (χ3n) is 2.51. The van der Waals surface area contributed by atoms with Gasteiger partial charge in [0.2, 0.25) is 0 Å². The maximum Gasteiger partial charge on any atom is 0.352 e. The van der Waals surface area contributed by atoms with Crippen LogP contribution < -0.4 is 5.56 Å². The van der Waals surface area contributed by atoms with E-state index < -0.39 is 5.97 Å². The number of carboxylic acids is 1. The van der Waals surface area contributed by atoms with Gasteiger partial charge in [0, 0.05) is 11.6 Å². The Morgan fingerprint density at radius 2 is 1.84 bits per heavy atom. The average Bonchev–Trinajstić information content (AvgIpc) is 2.41. The SMILES string of the molecule is O=C(O)c1cccc(=O)n1CC#Cc1ccccc1. The van der Waals surface area contributed by atoms with Crippen molar-refractivity contribution in [1.29, 1.82) is 0 Å². The zero-order valence-corrected chi connectivity index (χ0v) is 10.0. The van der Waals surface area contributed by atoms with Crippen molar-refractivity contribution >= 4 is 5.97 Å². The molecule has 0 aliphatic rings. The van der Waals surface area contributed by atoms with Gasteiger partial charge < -0.3 is 5.11 Å². The molecular formula is C15H11NO3. The van der Waals surface area contributed by atoms with E-state index in [0.29, 0.717) is 0 Å². The van der Waals surface area contributed by atoms with Gasteiger partial charge in [0.1, 0.15) is 5.69 Å². The van der Waals surface area contributed by atoms with Gasteiger partial charge >= 0.3 is 5.97 Å². The van der Waals surface area contributed by atoms with E-state index in [1.807, 2.05) is 30.3 Å². The lowest BCUT2D eigenvalue weighted by atomic mass is 10.2. The Hall–Kier alpha value is -2.80. The van der Waals surface area contributed by atoms with Gasteiger partial charge in [-0.1, -0.05) is 36.1 Å². The number of hydrogen-bond acceptors (Lipinski definition) is 2. The monoisotopic (exact) mass is 253 g/mol. The number of rotatable bonds is 2. The van der Waals surface area contributed by atoms with Crippen molar-refractivity contribution in [3.8, 4) is 11.8 Å². The van der Waals surface area contributed by atoms with Crippen molar-refractivity contribution in [3.05, 3.63) is 70.1 Å². The van der Waals surface area contributed by atoms with E-state index in [0.717, 1.165) is 10.1 Å². The predicted molar refractivity (Wildman–Crippen MR) is 71.0 cm³/mol. The number of aromatic nitrogens is 1. The van der Waals surface area contributed by atoms with E-state index in [4.69, 9.17) is 5.11 Å². The molecule has 1 heterocycles. The summed E-state index contributed by atoms with van der Waals surface area (Å²) in [6, 6.07) is 13.4. The first-order chi connectivity index (χ1) is 9.18. The largest absolute Gasteiger partial charge is 0.477 e. The normalized spacial score (nSPS) is 9.47. The molecule has 19 heavy (non-hydrogen) atoms. The first-order valence-corrected chi connectivity index (χ1v) is 5.65. The van der Waals surface area contributed by atoms with E-state index >= 15 is 0 Å². The van der Waals surface area contributed by atoms with Gasteiger partial charge in [-0.15, -0.1) is 0 Å². The van der Waals surface area contributed by atoms with Crippen LogP contribution in [0.15, 0.2) is 53.3 Å². The van der Waals surface area contributed by atoms with E-state index in [1.165, 1.54) is 18.2 Å². The molecule has 0 aliphatic carbocycles. The summed E-state index contributed by atoms with van der Waals surface area (Å²) in [5.74, 6) is 4.55. The number of benzene rings is 1. The van der Waals surface area contributed by atoms with E-state index in [1.54, 1.807) is 0 Å². The highest BCUT2D eigenvalue weighted by Gasteiger charge is 2.08. The van der Waals surface area contributed by atoms with Gasteiger partial charge in [0.15, 0.2) is 0 Å². The molecule has 4 heteroatoms. The lowest BCUT2D eigenvalue weighted by molar-refractivity contribution is 0.0684. The molecule has 0 saturated heterocycles. The van der Waals surface area contributed by atoms with Gasteiger partial charge in [-0.05, 0) is 18.2 Å². The van der Waals surface area contributed by atoms with Gasteiger partial charge in [-0.2, -0.15) is 0 Å². The molecule has 0 fully saturated rings. The van der Waals surface area contributed by atoms with Gasteiger partial charge in [0.05, 0.1) is 6.54 Å². The summed E-state index contributed by atoms with van der Waals surface area (Å²) in [6.45, 7) is 0.0518. The number of aromatic carboxylic acids is 1. The molecule has 2 aromatic rings. The first kappa shape index (κ1) is 12.7. The van der Waals surface area contributed by atoms with Crippen molar-refractivity contribution < 1.29 is 9.90 Å². The van der Waals surface area contributed by atoms with Crippen LogP contribution in [0.4, 0.5) is 0 Å². The molecule has 0 unspecified atom stereocenters. The Labute approximate surface area is 109 Å². The maximum absolute atomic E-state index is 11.6. The fourth-order valence-corrected chi connectivity index (χ4v) is 1.61. The summed E-state index contributed by atoms with van der Waals surface area (Å²) in [7, 11) is 0. The first-order valence-electron chi connectivity index (χ1n) is 5.65. The highest BCUT2D eigenvalue weighted by Crippen LogP contribution is 1.97. The molecule has 0 atom stereocenters. The van der Waals surface area contributed by atoms with Crippen LogP contribution >= 0.6 is 0 Å². The van der Waals surface area contributed by atoms with Crippen molar-refractivity contribution in [2.45, 2.75) is 6.54 Å². The Balaban J connectivity index is 2.28. The van der Waals surface area contributed by atoms with Crippen molar-refractivity contribution in [3.63, 3.8) is 0 Å². The molecule has 94 valence electrons. The van der Waals surface area contributed by atoms with Crippen LogP contribution in [0, 0.1) is 11.8 Å². The summed E-state index contributed by atoms with van der Waals surface area (Å²) < 4.78 is 1.14. The van der Waals surface area contributed by atoms with Crippen LogP contribution in [0.1, 0.15) is 16.1 Å². The summed E-state index contributed by atoms with van der Waals surface area (Å²) in [5, 5.41) is 9.00. The van der Waals surface area contributed by atoms with Crippen LogP contribution in [0.5, 0.6) is 0 Å². The van der Waals surface area contributed by atoms with Crippen LogP contribution in [0.25, 0.3) is 0 Å². The van der Waals surface area contributed by atoms with E-state index in [2.05, 4.69) is 11.8 Å². The fourth-order valence-electron chi connectivity index (χ4n) is 1.61. The number of carboxylic acid groups (broad SMARTS) is 1. The zero-order chi connectivity index (χ0) is 13.7. The molecular weight excluding hydrogens is 242 g/mol. The molecule has 0 aliphatic heterocycles. The lowest BCUT2D eigenvalue weighted by Gasteiger charge is -2.04. The minimum Gasteiger partial charge on any atom is -0.477 e. The quantitative estimate of drug-likeness (QED) is 0.827. The Bertz CT molecular complexity index is 705. The van der Waals surface area contributed by atoms with Crippen LogP contribution in [-0.4, -0.2) is 15.6 Å². The molecule has 4 nitrogen and oxygen atoms in total. The summed E-state index contributed by atoms with van der Waals surface area (Å²) in [4.78, 5) is 22.6. The number of carbonyl (C=O) groups is 1. The standard InChI is InChI=1S/C15H11NO3/c17-14-10-4-9-13(15(18)19)16(14)11-5-8-12-6-2-1-3-7-12/h1-4,6-7,9-10H,11H2,(H,18,19). The van der Waals surface area contributed by atoms with Gasteiger partial charge in [-0.3, -0.25) is 9.36 Å². The predicted octanol–water partition coefficient (Wildman–Crippen LogP) is 1.60. The Kier molecular flexibility index (Phi) is 3.79. The molecule has 0 spiro atoms. The summed E-state index contributed by atoms with van der Waals surface area (Å²) in [5.41, 5.74) is 0.389. The molecule has 0 bridgehead atoms. The number of nitrogens with zero attached hydrogens (tertiary/aromatic N) is 1. The third kappa shape index (κ3) is 3.11. The lowest BCUT2D eigenvalue weighted by Crippen LogP contribution is -2.24. The van der Waals surface area contributed by atoms with E-state index in [9.17, 15) is 9.59 Å². The highest BCUT2D eigenvalue weighted by atomic mass is 16.4. The minimum atomic E-state index is -1.14. The Morgan fingerprint density at radius 3 is 2.53 bits per heavy atom. The minimum absolute atomic E-state index is 0.0518. The van der Waals surface area contributed by atoms with Crippen molar-refractivity contribution in [1.82, 2.24) is 4.57 Å². The summed E-state index contributed by atoms with van der Waals surface area (Å²) >= 11 is 0. The molecule has 0 radical (unpaired) electrons. The molecule has 2 rings (SSSR count). The molecule has 1 aromatic carbocycles. The second kappa shape index (κ2) is 5.69. The van der Waals surface area contributed by atoms with Crippen LogP contribution in [0.3, 0.4) is 0 Å². The van der Waals surface area contributed by atoms with Crippen molar-refractivity contribution in [2.75, 3.05) is 0 Å². The molecule has 1 aromatic heterocycles. The second-order valence-corrected chi connectivity index (χ2v) is 3.81. The number of hydrogen-bond donors (Lipinski definition) is 1. The maximum atomic E-state index is 11.6. The molecule has 0 amide bonds. The van der Waals surface area contributed by atoms with Gasteiger partial charge in [-0.25, -0.2) is 4.79 Å².